The third-order valence-corrected chi connectivity index (χ3v) is 3.76. The second kappa shape index (κ2) is 6.44. The number of hydrogen-bond donors (Lipinski definition) is 1. The maximum Gasteiger partial charge on any atom is 0.264 e. The fourth-order valence-corrected chi connectivity index (χ4v) is 3.10. The smallest absolute Gasteiger partial charge is 0.264 e. The number of carbonyl (C=O) groups excluding carboxylic acids is 1. The van der Waals surface area contributed by atoms with Crippen LogP contribution in [0.1, 0.15) is 42.6 Å². The molecular formula is C11H18BrN3OS. The Morgan fingerprint density at radius 2 is 2.24 bits per heavy atom. The van der Waals surface area contributed by atoms with Gasteiger partial charge in [-0.05, 0) is 29.8 Å². The molecular weight excluding hydrogens is 302 g/mol. The predicted molar refractivity (Wildman–Crippen MR) is 73.8 cm³/mol. The molecule has 6 heteroatoms. The van der Waals surface area contributed by atoms with Crippen molar-refractivity contribution < 1.29 is 4.79 Å². The van der Waals surface area contributed by atoms with Gasteiger partial charge in [0.05, 0.1) is 5.69 Å². The lowest BCUT2D eigenvalue weighted by molar-refractivity contribution is 0.0939. The van der Waals surface area contributed by atoms with Gasteiger partial charge in [0.15, 0.2) is 0 Å². The molecule has 1 aromatic rings. The maximum atomic E-state index is 11.9. The number of nitrogens with zero attached hydrogens (tertiary/aromatic N) is 2. The average Bonchev–Trinajstić information content (AvgIpc) is 2.74. The zero-order chi connectivity index (χ0) is 12.9. The van der Waals surface area contributed by atoms with Crippen LogP contribution < -0.4 is 5.32 Å². The van der Waals surface area contributed by atoms with Gasteiger partial charge in [-0.25, -0.2) is 0 Å². The molecule has 0 saturated heterocycles. The Balaban J connectivity index is 2.56. The third-order valence-electron chi connectivity index (χ3n) is 2.60. The number of nitrogens with one attached hydrogen (secondary N) is 1. The second-order valence-corrected chi connectivity index (χ2v) is 6.24. The van der Waals surface area contributed by atoms with E-state index in [-0.39, 0.29) is 11.3 Å². The molecule has 0 aliphatic carbocycles. The highest BCUT2D eigenvalue weighted by molar-refractivity contribution is 9.09. The van der Waals surface area contributed by atoms with E-state index in [4.69, 9.17) is 0 Å². The fourth-order valence-electron chi connectivity index (χ4n) is 1.36. The minimum Gasteiger partial charge on any atom is -0.351 e. The lowest BCUT2D eigenvalue weighted by Crippen LogP contribution is -2.34. The molecule has 0 aliphatic heterocycles. The van der Waals surface area contributed by atoms with Crippen molar-refractivity contribution in [2.45, 2.75) is 33.6 Å². The van der Waals surface area contributed by atoms with E-state index >= 15 is 0 Å². The van der Waals surface area contributed by atoms with Gasteiger partial charge in [-0.3, -0.25) is 4.79 Å². The third kappa shape index (κ3) is 4.35. The molecule has 1 aromatic heterocycles. The van der Waals surface area contributed by atoms with E-state index in [0.717, 1.165) is 35.4 Å². The van der Waals surface area contributed by atoms with Gasteiger partial charge in [0, 0.05) is 11.9 Å². The van der Waals surface area contributed by atoms with Crippen molar-refractivity contribution in [3.8, 4) is 0 Å². The monoisotopic (exact) mass is 319 g/mol. The van der Waals surface area contributed by atoms with Gasteiger partial charge < -0.3 is 5.32 Å². The molecule has 0 unspecified atom stereocenters. The maximum absolute atomic E-state index is 11.9. The van der Waals surface area contributed by atoms with Crippen molar-refractivity contribution in [3.63, 3.8) is 0 Å². The Labute approximate surface area is 114 Å². The highest BCUT2D eigenvalue weighted by Crippen LogP contribution is 2.20. The Hall–Kier alpha value is -0.490. The molecule has 0 atom stereocenters. The largest absolute Gasteiger partial charge is 0.351 e. The molecule has 0 aliphatic rings. The number of halogens is 1. The first kappa shape index (κ1) is 14.6. The van der Waals surface area contributed by atoms with Crippen LogP contribution in [0.4, 0.5) is 0 Å². The van der Waals surface area contributed by atoms with Gasteiger partial charge in [0.25, 0.3) is 5.91 Å². The highest BCUT2D eigenvalue weighted by Gasteiger charge is 2.20. The molecule has 0 spiro atoms. The fraction of sp³-hybridized carbons (Fsp3) is 0.727. The summed E-state index contributed by atoms with van der Waals surface area (Å²) in [4.78, 5) is 12.6. The van der Waals surface area contributed by atoms with E-state index in [1.54, 1.807) is 0 Å². The molecule has 17 heavy (non-hydrogen) atoms. The lowest BCUT2D eigenvalue weighted by Gasteiger charge is -2.23. The zero-order valence-electron chi connectivity index (χ0n) is 10.4. The zero-order valence-corrected chi connectivity index (χ0v) is 12.8. The number of amides is 1. The summed E-state index contributed by atoms with van der Waals surface area (Å²) in [6.07, 6.45) is 1.76. The first-order valence-corrected chi connectivity index (χ1v) is 7.55. The summed E-state index contributed by atoms with van der Waals surface area (Å²) in [5.41, 5.74) is 0.884. The van der Waals surface area contributed by atoms with Crippen LogP contribution in [0, 0.1) is 5.41 Å². The second-order valence-electron chi connectivity index (χ2n) is 4.69. The molecule has 1 amide bonds. The van der Waals surface area contributed by atoms with Crippen LogP contribution in [0.25, 0.3) is 0 Å². The van der Waals surface area contributed by atoms with Crippen LogP contribution in [0.5, 0.6) is 0 Å². The Bertz CT molecular complexity index is 379. The van der Waals surface area contributed by atoms with E-state index in [2.05, 4.69) is 44.7 Å². The minimum absolute atomic E-state index is 0.0560. The van der Waals surface area contributed by atoms with Crippen LogP contribution in [-0.2, 0) is 6.42 Å². The Morgan fingerprint density at radius 1 is 1.53 bits per heavy atom. The van der Waals surface area contributed by atoms with Crippen molar-refractivity contribution in [2.75, 3.05) is 11.9 Å². The number of carbonyl (C=O) groups is 1. The number of aromatic nitrogens is 2. The minimum atomic E-state index is -0.0560. The molecule has 0 aromatic carbocycles. The van der Waals surface area contributed by atoms with Crippen LogP contribution in [0.2, 0.25) is 0 Å². The average molecular weight is 320 g/mol. The molecule has 0 radical (unpaired) electrons. The summed E-state index contributed by atoms with van der Waals surface area (Å²) >= 11 is 4.59. The Morgan fingerprint density at radius 3 is 2.82 bits per heavy atom. The molecule has 96 valence electrons. The molecule has 0 saturated carbocycles. The van der Waals surface area contributed by atoms with Gasteiger partial charge in [0.1, 0.15) is 4.88 Å². The summed E-state index contributed by atoms with van der Waals surface area (Å²) in [6, 6.07) is 0. The lowest BCUT2D eigenvalue weighted by atomic mass is 9.90. The normalized spacial score (nSPS) is 11.5. The summed E-state index contributed by atoms with van der Waals surface area (Å²) in [5.74, 6) is -0.0560. The van der Waals surface area contributed by atoms with E-state index in [0.29, 0.717) is 11.4 Å². The number of hydrogen-bond acceptors (Lipinski definition) is 4. The van der Waals surface area contributed by atoms with Gasteiger partial charge in [-0.1, -0.05) is 41.2 Å². The van der Waals surface area contributed by atoms with E-state index in [1.165, 1.54) is 0 Å². The number of rotatable bonds is 6. The van der Waals surface area contributed by atoms with Crippen molar-refractivity contribution in [3.05, 3.63) is 10.6 Å². The summed E-state index contributed by atoms with van der Waals surface area (Å²) < 4.78 is 3.82. The van der Waals surface area contributed by atoms with Gasteiger partial charge in [-0.2, -0.15) is 0 Å². The first-order chi connectivity index (χ1) is 8.00. The van der Waals surface area contributed by atoms with E-state index < -0.39 is 0 Å². The van der Waals surface area contributed by atoms with Crippen molar-refractivity contribution in [1.29, 1.82) is 0 Å². The molecule has 1 rings (SSSR count). The van der Waals surface area contributed by atoms with Gasteiger partial charge >= 0.3 is 0 Å². The van der Waals surface area contributed by atoms with Crippen LogP contribution in [0.15, 0.2) is 0 Å². The van der Waals surface area contributed by atoms with Crippen LogP contribution in [0.3, 0.4) is 0 Å². The topological polar surface area (TPSA) is 54.9 Å². The van der Waals surface area contributed by atoms with Crippen LogP contribution >= 0.6 is 27.5 Å². The highest BCUT2D eigenvalue weighted by atomic mass is 79.9. The van der Waals surface area contributed by atoms with Crippen molar-refractivity contribution >= 4 is 33.4 Å². The first-order valence-electron chi connectivity index (χ1n) is 5.65. The van der Waals surface area contributed by atoms with E-state index in [1.807, 2.05) is 6.92 Å². The summed E-state index contributed by atoms with van der Waals surface area (Å²) in [6.45, 7) is 6.92. The molecule has 1 N–H and O–H groups in total. The standard InChI is InChI=1S/C11H18BrN3OS/c1-4-8-9(17-15-14-8)10(16)13-7-11(2,3)5-6-12/h4-7H2,1-3H3,(H,13,16). The number of alkyl halides is 1. The molecule has 0 fully saturated rings. The Kier molecular flexibility index (Phi) is 5.52. The molecule has 1 heterocycles. The molecule has 4 nitrogen and oxygen atoms in total. The van der Waals surface area contributed by atoms with Gasteiger partial charge in [0.2, 0.25) is 0 Å². The van der Waals surface area contributed by atoms with Crippen molar-refractivity contribution in [2.24, 2.45) is 5.41 Å². The van der Waals surface area contributed by atoms with Crippen LogP contribution in [-0.4, -0.2) is 27.4 Å². The quantitative estimate of drug-likeness (QED) is 0.820. The summed E-state index contributed by atoms with van der Waals surface area (Å²) in [5, 5.41) is 7.83. The molecule has 0 bridgehead atoms. The SMILES string of the molecule is CCc1nnsc1C(=O)NCC(C)(C)CCBr. The number of aryl methyl sites for hydroxylation is 1. The van der Waals surface area contributed by atoms with Gasteiger partial charge in [-0.15, -0.1) is 5.10 Å². The van der Waals surface area contributed by atoms with Crippen molar-refractivity contribution in [1.82, 2.24) is 14.9 Å². The summed E-state index contributed by atoms with van der Waals surface area (Å²) in [7, 11) is 0. The van der Waals surface area contributed by atoms with E-state index in [9.17, 15) is 4.79 Å². The predicted octanol–water partition coefficient (Wildman–Crippen LogP) is 2.64.